The van der Waals surface area contributed by atoms with Crippen molar-refractivity contribution in [2.75, 3.05) is 13.2 Å². The van der Waals surface area contributed by atoms with Crippen molar-refractivity contribution in [3.63, 3.8) is 0 Å². The number of alkyl halides is 1. The molecule has 0 aromatic carbocycles. The molecule has 2 aliphatic rings. The van der Waals surface area contributed by atoms with Crippen molar-refractivity contribution in [2.24, 2.45) is 17.6 Å². The lowest BCUT2D eigenvalue weighted by Gasteiger charge is -2.22. The van der Waals surface area contributed by atoms with Crippen LogP contribution in [0.4, 0.5) is 0 Å². The van der Waals surface area contributed by atoms with Crippen molar-refractivity contribution in [3.05, 3.63) is 0 Å². The van der Waals surface area contributed by atoms with Crippen LogP contribution in [0.3, 0.4) is 0 Å². The Labute approximate surface area is 187 Å². The second-order valence-corrected chi connectivity index (χ2v) is 10.2. The van der Waals surface area contributed by atoms with Gasteiger partial charge < -0.3 is 26.8 Å². The maximum atomic E-state index is 11.4. The Hall–Kier alpha value is -0.890. The number of carboxylic acid groups (broad SMARTS) is 1. The summed E-state index contributed by atoms with van der Waals surface area (Å²) < 4.78 is 5.18. The zero-order valence-corrected chi connectivity index (χ0v) is 20.2. The van der Waals surface area contributed by atoms with Gasteiger partial charge in [0.25, 0.3) is 0 Å². The van der Waals surface area contributed by atoms with Crippen molar-refractivity contribution in [1.82, 2.24) is 6.15 Å². The summed E-state index contributed by atoms with van der Waals surface area (Å²) in [5, 5.41) is 16.8. The topological polar surface area (TPSA) is 145 Å². The minimum atomic E-state index is -1.08. The van der Waals surface area contributed by atoms with Crippen LogP contribution in [0.1, 0.15) is 91.9 Å². The SMILES string of the molecule is CC(C)(Cl)C(=O)OCC1CCCCC1.CC(C)(N)C(=O)O.N.OCC1CCCCC1. The van der Waals surface area contributed by atoms with Crippen LogP contribution in [0.2, 0.25) is 0 Å². The smallest absolute Gasteiger partial charge is 0.326 e. The van der Waals surface area contributed by atoms with E-state index in [1.165, 1.54) is 78.1 Å². The number of carbonyl (C=O) groups excluding carboxylic acids is 1. The van der Waals surface area contributed by atoms with Crippen molar-refractivity contribution in [1.29, 1.82) is 0 Å². The molecule has 7 N–H and O–H groups in total. The highest BCUT2D eigenvalue weighted by molar-refractivity contribution is 6.33. The predicted molar refractivity (Wildman–Crippen MR) is 122 cm³/mol. The first-order valence-corrected chi connectivity index (χ1v) is 11.2. The third-order valence-electron chi connectivity index (χ3n) is 5.19. The van der Waals surface area contributed by atoms with Crippen LogP contribution in [0.5, 0.6) is 0 Å². The van der Waals surface area contributed by atoms with Gasteiger partial charge >= 0.3 is 11.9 Å². The lowest BCUT2D eigenvalue weighted by Crippen LogP contribution is -2.41. The lowest BCUT2D eigenvalue weighted by molar-refractivity contribution is -0.147. The molecule has 0 radical (unpaired) electrons. The molecule has 8 heteroatoms. The molecule has 0 aromatic rings. The summed E-state index contributed by atoms with van der Waals surface area (Å²) >= 11 is 5.83. The molecule has 0 bridgehead atoms. The number of aliphatic hydroxyl groups is 1. The minimum absolute atomic E-state index is 0. The molecule has 0 aromatic heterocycles. The van der Waals surface area contributed by atoms with E-state index in [4.69, 9.17) is 32.3 Å². The summed E-state index contributed by atoms with van der Waals surface area (Å²) in [6, 6.07) is 0. The van der Waals surface area contributed by atoms with Crippen LogP contribution in [-0.4, -0.2) is 45.8 Å². The number of halogens is 1. The molecule has 0 amide bonds. The van der Waals surface area contributed by atoms with Gasteiger partial charge in [-0.3, -0.25) is 9.59 Å². The highest BCUT2D eigenvalue weighted by atomic mass is 35.5. The lowest BCUT2D eigenvalue weighted by atomic mass is 9.90. The Morgan fingerprint density at radius 2 is 1.30 bits per heavy atom. The zero-order chi connectivity index (χ0) is 22.5. The van der Waals surface area contributed by atoms with Crippen LogP contribution < -0.4 is 11.9 Å². The van der Waals surface area contributed by atoms with E-state index >= 15 is 0 Å². The number of aliphatic hydroxyl groups excluding tert-OH is 1. The Kier molecular flexibility index (Phi) is 16.5. The van der Waals surface area contributed by atoms with Gasteiger partial charge in [-0.15, -0.1) is 11.6 Å². The average molecular weight is 453 g/mol. The monoisotopic (exact) mass is 452 g/mol. The highest BCUT2D eigenvalue weighted by Gasteiger charge is 2.27. The van der Waals surface area contributed by atoms with Gasteiger partial charge in [0.2, 0.25) is 0 Å². The van der Waals surface area contributed by atoms with Crippen molar-refractivity contribution < 1.29 is 24.5 Å². The fourth-order valence-electron chi connectivity index (χ4n) is 3.09. The van der Waals surface area contributed by atoms with Crippen molar-refractivity contribution in [2.45, 2.75) is 102 Å². The molecule has 2 aliphatic carbocycles. The van der Waals surface area contributed by atoms with E-state index < -0.39 is 16.4 Å². The van der Waals surface area contributed by atoms with Gasteiger partial charge in [0.15, 0.2) is 0 Å². The summed E-state index contributed by atoms with van der Waals surface area (Å²) in [5.41, 5.74) is 4.00. The van der Waals surface area contributed by atoms with Crippen LogP contribution >= 0.6 is 11.6 Å². The Morgan fingerprint density at radius 3 is 1.57 bits per heavy atom. The van der Waals surface area contributed by atoms with Crippen LogP contribution in [0.25, 0.3) is 0 Å². The van der Waals surface area contributed by atoms with Gasteiger partial charge in [0.05, 0.1) is 6.61 Å². The number of hydrogen-bond acceptors (Lipinski definition) is 6. The summed E-state index contributed by atoms with van der Waals surface area (Å²) in [6.07, 6.45) is 12.8. The maximum Gasteiger partial charge on any atom is 0.326 e. The molecule has 2 fully saturated rings. The third kappa shape index (κ3) is 15.9. The van der Waals surface area contributed by atoms with Crippen molar-refractivity contribution >= 4 is 23.5 Å². The van der Waals surface area contributed by atoms with Gasteiger partial charge in [-0.25, -0.2) is 0 Å². The normalized spacial score (nSPS) is 18.0. The van der Waals surface area contributed by atoms with E-state index in [0.717, 1.165) is 0 Å². The molecule has 0 saturated heterocycles. The van der Waals surface area contributed by atoms with E-state index in [-0.39, 0.29) is 12.1 Å². The van der Waals surface area contributed by atoms with E-state index in [0.29, 0.717) is 25.0 Å². The second kappa shape index (κ2) is 15.8. The summed E-state index contributed by atoms with van der Waals surface area (Å²) in [5.74, 6) is -0.0762. The van der Waals surface area contributed by atoms with E-state index in [1.54, 1.807) is 13.8 Å². The van der Waals surface area contributed by atoms with Crippen molar-refractivity contribution in [3.8, 4) is 0 Å². The van der Waals surface area contributed by atoms with Gasteiger partial charge in [0, 0.05) is 6.61 Å². The van der Waals surface area contributed by atoms with E-state index in [9.17, 15) is 9.59 Å². The summed E-state index contributed by atoms with van der Waals surface area (Å²) in [6.45, 7) is 7.18. The fourth-order valence-corrected chi connectivity index (χ4v) is 3.14. The zero-order valence-electron chi connectivity index (χ0n) is 19.4. The quantitative estimate of drug-likeness (QED) is 0.350. The fraction of sp³-hybridized carbons (Fsp3) is 0.909. The molecule has 0 aliphatic heterocycles. The molecule has 2 rings (SSSR count). The average Bonchev–Trinajstić information content (AvgIpc) is 2.67. The maximum absolute atomic E-state index is 11.4. The first kappa shape index (κ1) is 31.3. The molecule has 180 valence electrons. The molecule has 7 nitrogen and oxygen atoms in total. The van der Waals surface area contributed by atoms with Gasteiger partial charge in [0.1, 0.15) is 10.4 Å². The molecular weight excluding hydrogens is 408 g/mol. The molecule has 0 heterocycles. The largest absolute Gasteiger partial charge is 0.480 e. The number of ether oxygens (including phenoxy) is 1. The number of esters is 1. The van der Waals surface area contributed by atoms with E-state index in [1.807, 2.05) is 0 Å². The van der Waals surface area contributed by atoms with Crippen LogP contribution in [0.15, 0.2) is 0 Å². The molecule has 30 heavy (non-hydrogen) atoms. The number of nitrogens with two attached hydrogens (primary N) is 1. The summed E-state index contributed by atoms with van der Waals surface area (Å²) in [7, 11) is 0. The minimum Gasteiger partial charge on any atom is -0.480 e. The molecule has 0 spiro atoms. The first-order chi connectivity index (χ1) is 13.4. The molecular formula is C22H45ClN2O5. The molecule has 2 saturated carbocycles. The number of rotatable bonds is 5. The number of aliphatic carboxylic acids is 1. The second-order valence-electron chi connectivity index (χ2n) is 9.29. The highest BCUT2D eigenvalue weighted by Crippen LogP contribution is 2.25. The van der Waals surface area contributed by atoms with Crippen LogP contribution in [-0.2, 0) is 14.3 Å². The van der Waals surface area contributed by atoms with Gasteiger partial charge in [-0.05, 0) is 65.2 Å². The van der Waals surface area contributed by atoms with Gasteiger partial charge in [-0.1, -0.05) is 38.5 Å². The summed E-state index contributed by atoms with van der Waals surface area (Å²) in [4.78, 5) is 20.4. The Balaban J connectivity index is 0. The number of carboxylic acids is 1. The standard InChI is InChI=1S/C11H19ClO2.C7H14O.C4H9NO2.H3N/c1-11(2,12)10(13)14-8-9-6-4-3-5-7-9;8-6-7-4-2-1-3-5-7;1-4(2,5)3(6)7;/h9H,3-8H2,1-2H3;7-8H,1-6H2;5H2,1-2H3,(H,6,7);1H3. The Morgan fingerprint density at radius 1 is 0.933 bits per heavy atom. The van der Waals surface area contributed by atoms with Gasteiger partial charge in [-0.2, -0.15) is 0 Å². The first-order valence-electron chi connectivity index (χ1n) is 10.9. The number of carbonyl (C=O) groups is 2. The Bertz CT molecular complexity index is 463. The number of hydrogen-bond donors (Lipinski definition) is 4. The third-order valence-corrected chi connectivity index (χ3v) is 5.35. The predicted octanol–water partition coefficient (Wildman–Crippen LogP) is 4.66. The van der Waals surface area contributed by atoms with E-state index in [2.05, 4.69) is 0 Å². The molecule has 0 atom stereocenters. The molecule has 0 unspecified atom stereocenters. The van der Waals surface area contributed by atoms with Crippen LogP contribution in [0, 0.1) is 11.8 Å².